The molecule has 0 atom stereocenters. The normalized spacial score (nSPS) is 7.91. The fourth-order valence-corrected chi connectivity index (χ4v) is 0.888. The zero-order valence-electron chi connectivity index (χ0n) is 5.79. The lowest BCUT2D eigenvalue weighted by atomic mass is 10.3. The van der Waals surface area contributed by atoms with Gasteiger partial charge in [-0.3, -0.25) is 0 Å². The van der Waals surface area contributed by atoms with Gasteiger partial charge < -0.3 is 11.5 Å². The van der Waals surface area contributed by atoms with Crippen molar-refractivity contribution < 1.29 is 0 Å². The molecule has 0 aliphatic carbocycles. The molecule has 0 heterocycles. The molecule has 1 aromatic rings. The fraction of sp³-hybridized carbons (Fsp3) is 0. The zero-order valence-corrected chi connectivity index (χ0v) is 6.55. The highest BCUT2D eigenvalue weighted by molar-refractivity contribution is 6.31. The molecular formula is C7H8ClN3. The lowest BCUT2D eigenvalue weighted by Gasteiger charge is -1.95. The number of nitrogens with two attached hydrogens (primary N) is 2. The highest BCUT2D eigenvalue weighted by Gasteiger charge is 1.90. The van der Waals surface area contributed by atoms with E-state index < -0.39 is 0 Å². The van der Waals surface area contributed by atoms with Crippen LogP contribution in [0.2, 0.25) is 5.02 Å². The molecule has 1 aromatic carbocycles. The van der Waals surface area contributed by atoms with Crippen LogP contribution in [-0.4, -0.2) is 0 Å². The minimum absolute atomic E-state index is 0.576. The van der Waals surface area contributed by atoms with Crippen molar-refractivity contribution in [3.63, 3.8) is 0 Å². The summed E-state index contributed by atoms with van der Waals surface area (Å²) in [7, 11) is 0. The van der Waals surface area contributed by atoms with E-state index in [9.17, 15) is 0 Å². The molecule has 4 N–H and O–H groups in total. The summed E-state index contributed by atoms with van der Waals surface area (Å²) in [5.74, 6) is 0. The molecule has 58 valence electrons. The molecule has 0 spiro atoms. The Morgan fingerprint density at radius 3 is 1.73 bits per heavy atom. The molecule has 4 heteroatoms. The SMILES string of the molecule is C#N.Nc1cc(N)cc(Cl)c1. The highest BCUT2D eigenvalue weighted by Crippen LogP contribution is 2.17. The van der Waals surface area contributed by atoms with Crippen LogP contribution in [-0.2, 0) is 0 Å². The lowest BCUT2D eigenvalue weighted by Crippen LogP contribution is -1.88. The maximum atomic E-state index is 6.50. The Kier molecular flexibility index (Phi) is 3.86. The second-order valence-electron chi connectivity index (χ2n) is 1.82. The van der Waals surface area contributed by atoms with E-state index in [1.165, 1.54) is 0 Å². The van der Waals surface area contributed by atoms with Crippen molar-refractivity contribution in [3.8, 4) is 6.57 Å². The Hall–Kier alpha value is -1.40. The molecule has 0 bridgehead atoms. The van der Waals surface area contributed by atoms with Gasteiger partial charge in [-0.05, 0) is 18.2 Å². The smallest absolute Gasteiger partial charge is 0.0462 e. The summed E-state index contributed by atoms with van der Waals surface area (Å²) in [6, 6.07) is 4.96. The van der Waals surface area contributed by atoms with E-state index in [1.54, 1.807) is 18.2 Å². The number of nitrogen functional groups attached to an aromatic ring is 2. The van der Waals surface area contributed by atoms with Gasteiger partial charge in [-0.2, -0.15) is 0 Å². The van der Waals surface area contributed by atoms with Crippen LogP contribution in [0.4, 0.5) is 11.4 Å². The van der Waals surface area contributed by atoms with Crippen molar-refractivity contribution in [1.82, 2.24) is 0 Å². The number of hydrogen-bond donors (Lipinski definition) is 2. The van der Waals surface area contributed by atoms with Gasteiger partial charge in [0.05, 0.1) is 0 Å². The van der Waals surface area contributed by atoms with Crippen molar-refractivity contribution in [3.05, 3.63) is 23.2 Å². The standard InChI is InChI=1S/C6H7ClN2.CHN/c7-4-1-5(8)3-6(9)2-4;1-2/h1-3H,8-9H2;1H. The Morgan fingerprint density at radius 2 is 1.45 bits per heavy atom. The van der Waals surface area contributed by atoms with Crippen molar-refractivity contribution >= 4 is 23.0 Å². The fourth-order valence-electron chi connectivity index (χ4n) is 0.636. The maximum Gasteiger partial charge on any atom is 0.0462 e. The second kappa shape index (κ2) is 4.42. The van der Waals surface area contributed by atoms with Crippen LogP contribution in [0.5, 0.6) is 0 Å². The largest absolute Gasteiger partial charge is 0.399 e. The predicted octanol–water partition coefficient (Wildman–Crippen LogP) is 1.64. The summed E-state index contributed by atoms with van der Waals surface area (Å²) in [6.45, 7) is 3.50. The van der Waals surface area contributed by atoms with E-state index in [-0.39, 0.29) is 0 Å². The quantitative estimate of drug-likeness (QED) is 0.580. The van der Waals surface area contributed by atoms with Gasteiger partial charge >= 0.3 is 0 Å². The topological polar surface area (TPSA) is 75.8 Å². The first-order valence-corrected chi connectivity index (χ1v) is 3.13. The summed E-state index contributed by atoms with van der Waals surface area (Å²) in [6.07, 6.45) is 0. The highest BCUT2D eigenvalue weighted by atomic mass is 35.5. The molecule has 0 fully saturated rings. The van der Waals surface area contributed by atoms with Crippen LogP contribution in [0.25, 0.3) is 0 Å². The molecule has 11 heavy (non-hydrogen) atoms. The molecule has 0 saturated heterocycles. The number of hydrogen-bond acceptors (Lipinski definition) is 3. The van der Waals surface area contributed by atoms with E-state index in [4.69, 9.17) is 28.3 Å². The summed E-state index contributed by atoms with van der Waals surface area (Å²) in [5.41, 5.74) is 12.0. The van der Waals surface area contributed by atoms with Crippen LogP contribution in [0.1, 0.15) is 0 Å². The zero-order chi connectivity index (χ0) is 8.85. The van der Waals surface area contributed by atoms with Gasteiger partial charge in [0.15, 0.2) is 0 Å². The average Bonchev–Trinajstić information content (AvgIpc) is 1.88. The Morgan fingerprint density at radius 1 is 1.09 bits per heavy atom. The molecule has 0 aliphatic rings. The van der Waals surface area contributed by atoms with Gasteiger partial charge in [-0.15, -0.1) is 0 Å². The van der Waals surface area contributed by atoms with Crippen LogP contribution < -0.4 is 11.5 Å². The summed E-state index contributed by atoms with van der Waals surface area (Å²) < 4.78 is 0. The van der Waals surface area contributed by atoms with Gasteiger partial charge in [-0.1, -0.05) is 11.6 Å². The van der Waals surface area contributed by atoms with Crippen LogP contribution >= 0.6 is 11.6 Å². The number of rotatable bonds is 0. The third-order valence-corrected chi connectivity index (χ3v) is 1.16. The van der Waals surface area contributed by atoms with Gasteiger partial charge in [0.2, 0.25) is 0 Å². The molecule has 0 aliphatic heterocycles. The molecule has 0 unspecified atom stereocenters. The first-order chi connectivity index (χ1) is 5.18. The van der Waals surface area contributed by atoms with Gasteiger partial charge in [0.25, 0.3) is 0 Å². The minimum Gasteiger partial charge on any atom is -0.399 e. The number of anilines is 2. The molecule has 3 nitrogen and oxygen atoms in total. The maximum absolute atomic E-state index is 6.50. The number of nitriles is 1. The number of nitrogens with zero attached hydrogens (tertiary/aromatic N) is 1. The summed E-state index contributed by atoms with van der Waals surface area (Å²) >= 11 is 5.59. The van der Waals surface area contributed by atoms with E-state index in [0.717, 1.165) is 0 Å². The second-order valence-corrected chi connectivity index (χ2v) is 2.25. The van der Waals surface area contributed by atoms with Crippen molar-refractivity contribution in [2.24, 2.45) is 0 Å². The first-order valence-electron chi connectivity index (χ1n) is 2.76. The molecule has 0 radical (unpaired) electrons. The molecule has 0 saturated carbocycles. The van der Waals surface area contributed by atoms with Crippen LogP contribution in [0.3, 0.4) is 0 Å². The lowest BCUT2D eigenvalue weighted by molar-refractivity contribution is 1.58. The monoisotopic (exact) mass is 169 g/mol. The summed E-state index contributed by atoms with van der Waals surface area (Å²) in [5, 5.41) is 7.08. The van der Waals surface area contributed by atoms with E-state index in [2.05, 4.69) is 6.57 Å². The number of benzene rings is 1. The van der Waals surface area contributed by atoms with E-state index >= 15 is 0 Å². The van der Waals surface area contributed by atoms with E-state index in [0.29, 0.717) is 16.4 Å². The molecule has 1 rings (SSSR count). The molecule has 0 amide bonds. The van der Waals surface area contributed by atoms with Crippen LogP contribution in [0, 0.1) is 11.8 Å². The predicted molar refractivity (Wildman–Crippen MR) is 46.9 cm³/mol. The van der Waals surface area contributed by atoms with Crippen molar-refractivity contribution in [2.45, 2.75) is 0 Å². The summed E-state index contributed by atoms with van der Waals surface area (Å²) in [4.78, 5) is 0. The Bertz CT molecular complexity index is 207. The van der Waals surface area contributed by atoms with Crippen molar-refractivity contribution in [1.29, 1.82) is 5.26 Å². The average molecular weight is 170 g/mol. The molecular weight excluding hydrogens is 162 g/mol. The van der Waals surface area contributed by atoms with Crippen LogP contribution in [0.15, 0.2) is 18.2 Å². The van der Waals surface area contributed by atoms with Gasteiger partial charge in [-0.25, -0.2) is 5.26 Å². The van der Waals surface area contributed by atoms with E-state index in [1.807, 2.05) is 0 Å². The molecule has 0 aromatic heterocycles. The van der Waals surface area contributed by atoms with Crippen molar-refractivity contribution in [2.75, 3.05) is 11.5 Å². The Labute approximate surface area is 70.2 Å². The third-order valence-electron chi connectivity index (χ3n) is 0.942. The minimum atomic E-state index is 0.576. The third kappa shape index (κ3) is 3.33. The van der Waals surface area contributed by atoms with Gasteiger partial charge in [0.1, 0.15) is 0 Å². The Balaban J connectivity index is 0.000000461. The first kappa shape index (κ1) is 9.60. The number of halogens is 1. The van der Waals surface area contributed by atoms with Gasteiger partial charge in [0, 0.05) is 23.0 Å².